The van der Waals surface area contributed by atoms with Gasteiger partial charge >= 0.3 is 0 Å². The Balaban J connectivity index is 1.91. The summed E-state index contributed by atoms with van der Waals surface area (Å²) < 4.78 is 1.18. The Morgan fingerprint density at radius 2 is 1.86 bits per heavy atom. The number of piperazine rings is 1. The van der Waals surface area contributed by atoms with E-state index in [4.69, 9.17) is 0 Å². The van der Waals surface area contributed by atoms with Gasteiger partial charge in [-0.3, -0.25) is 0 Å². The van der Waals surface area contributed by atoms with Gasteiger partial charge in [-0.1, -0.05) is 52.3 Å². The highest BCUT2D eigenvalue weighted by molar-refractivity contribution is 9.10. The van der Waals surface area contributed by atoms with Crippen LogP contribution in [0.2, 0.25) is 0 Å². The normalized spacial score (nSPS) is 22.3. The number of anilines is 1. The molecule has 2 aromatic rings. The summed E-state index contributed by atoms with van der Waals surface area (Å²) in [6, 6.07) is 17.2. The van der Waals surface area contributed by atoms with Gasteiger partial charge in [-0.2, -0.15) is 0 Å². The van der Waals surface area contributed by atoms with Crippen LogP contribution in [0.15, 0.2) is 53.0 Å². The predicted octanol–water partition coefficient (Wildman–Crippen LogP) is 4.08. The van der Waals surface area contributed by atoms with E-state index in [0.717, 1.165) is 19.6 Å². The molecule has 3 heteroatoms. The van der Waals surface area contributed by atoms with Crippen molar-refractivity contribution in [1.29, 1.82) is 0 Å². The van der Waals surface area contributed by atoms with Crippen LogP contribution in [-0.2, 0) is 5.54 Å². The molecule has 2 aromatic carbocycles. The first-order valence-corrected chi connectivity index (χ1v) is 8.20. The molecule has 1 N–H and O–H groups in total. The Hall–Kier alpha value is -1.32. The van der Waals surface area contributed by atoms with Gasteiger partial charge in [0, 0.05) is 29.8 Å². The SMILES string of the molecule is Cc1c(Br)cccc1N1CCNC(C)(c2ccccc2)C1. The molecule has 0 aliphatic carbocycles. The first-order valence-electron chi connectivity index (χ1n) is 7.41. The van der Waals surface area contributed by atoms with Crippen LogP contribution in [0.25, 0.3) is 0 Å². The molecule has 0 bridgehead atoms. The third-order valence-corrected chi connectivity index (χ3v) is 5.25. The second-order valence-corrected chi connectivity index (χ2v) is 6.78. The first-order chi connectivity index (χ1) is 10.1. The summed E-state index contributed by atoms with van der Waals surface area (Å²) in [5.74, 6) is 0. The van der Waals surface area contributed by atoms with Crippen LogP contribution in [0, 0.1) is 6.92 Å². The van der Waals surface area contributed by atoms with E-state index in [2.05, 4.69) is 88.5 Å². The van der Waals surface area contributed by atoms with Gasteiger partial charge in [0.2, 0.25) is 0 Å². The number of rotatable bonds is 2. The van der Waals surface area contributed by atoms with Gasteiger partial charge < -0.3 is 10.2 Å². The van der Waals surface area contributed by atoms with Gasteiger partial charge in [-0.05, 0) is 37.1 Å². The van der Waals surface area contributed by atoms with Gasteiger partial charge in [-0.25, -0.2) is 0 Å². The van der Waals surface area contributed by atoms with E-state index in [-0.39, 0.29) is 5.54 Å². The van der Waals surface area contributed by atoms with Crippen molar-refractivity contribution in [3.63, 3.8) is 0 Å². The van der Waals surface area contributed by atoms with Crippen molar-refractivity contribution < 1.29 is 0 Å². The zero-order valence-electron chi connectivity index (χ0n) is 12.6. The summed E-state index contributed by atoms with van der Waals surface area (Å²) in [6.45, 7) is 7.49. The molecule has 1 saturated heterocycles. The van der Waals surface area contributed by atoms with Crippen LogP contribution in [0.3, 0.4) is 0 Å². The van der Waals surface area contributed by atoms with E-state index in [9.17, 15) is 0 Å². The second-order valence-electron chi connectivity index (χ2n) is 5.93. The van der Waals surface area contributed by atoms with Crippen LogP contribution in [-0.4, -0.2) is 19.6 Å². The highest BCUT2D eigenvalue weighted by Crippen LogP contribution is 2.31. The van der Waals surface area contributed by atoms with Gasteiger partial charge in [0.05, 0.1) is 5.54 Å². The minimum Gasteiger partial charge on any atom is -0.368 e. The lowest BCUT2D eigenvalue weighted by atomic mass is 9.89. The number of hydrogen-bond donors (Lipinski definition) is 1. The Bertz CT molecular complexity index is 626. The lowest BCUT2D eigenvalue weighted by Crippen LogP contribution is -2.57. The van der Waals surface area contributed by atoms with Crippen LogP contribution >= 0.6 is 15.9 Å². The quantitative estimate of drug-likeness (QED) is 0.882. The fraction of sp³-hybridized carbons (Fsp3) is 0.333. The van der Waals surface area contributed by atoms with Gasteiger partial charge in [0.15, 0.2) is 0 Å². The summed E-state index contributed by atoms with van der Waals surface area (Å²) >= 11 is 3.64. The number of benzene rings is 2. The van der Waals surface area contributed by atoms with Crippen molar-refractivity contribution in [3.05, 3.63) is 64.1 Å². The average Bonchev–Trinajstić information content (AvgIpc) is 2.51. The molecular formula is C18H21BrN2. The van der Waals surface area contributed by atoms with Crippen LogP contribution in [0.4, 0.5) is 5.69 Å². The van der Waals surface area contributed by atoms with E-state index >= 15 is 0 Å². The fourth-order valence-electron chi connectivity index (χ4n) is 3.13. The molecule has 1 aliphatic rings. The van der Waals surface area contributed by atoms with E-state index in [1.807, 2.05) is 0 Å². The van der Waals surface area contributed by atoms with E-state index in [0.29, 0.717) is 0 Å². The van der Waals surface area contributed by atoms with Gasteiger partial charge in [0.1, 0.15) is 0 Å². The molecule has 3 rings (SSSR count). The molecule has 110 valence electrons. The monoisotopic (exact) mass is 344 g/mol. The Morgan fingerprint density at radius 1 is 1.10 bits per heavy atom. The lowest BCUT2D eigenvalue weighted by Gasteiger charge is -2.43. The van der Waals surface area contributed by atoms with E-state index < -0.39 is 0 Å². The molecule has 0 saturated carbocycles. The van der Waals surface area contributed by atoms with Crippen molar-refractivity contribution in [1.82, 2.24) is 5.32 Å². The van der Waals surface area contributed by atoms with Crippen molar-refractivity contribution >= 4 is 21.6 Å². The second kappa shape index (κ2) is 5.82. The summed E-state index contributed by atoms with van der Waals surface area (Å²) in [5, 5.41) is 3.69. The summed E-state index contributed by atoms with van der Waals surface area (Å²) in [4.78, 5) is 2.49. The Labute approximate surface area is 135 Å². The molecular weight excluding hydrogens is 324 g/mol. The van der Waals surface area contributed by atoms with Crippen molar-refractivity contribution in [3.8, 4) is 0 Å². The smallest absolute Gasteiger partial charge is 0.0584 e. The minimum absolute atomic E-state index is 0.00569. The number of nitrogens with zero attached hydrogens (tertiary/aromatic N) is 1. The van der Waals surface area contributed by atoms with E-state index in [1.54, 1.807) is 0 Å². The van der Waals surface area contributed by atoms with Crippen molar-refractivity contribution in [2.45, 2.75) is 19.4 Å². The molecule has 1 aliphatic heterocycles. The Kier molecular flexibility index (Phi) is 4.05. The third-order valence-electron chi connectivity index (χ3n) is 4.39. The molecule has 1 atom stereocenters. The maximum atomic E-state index is 3.69. The number of halogens is 1. The molecule has 0 amide bonds. The van der Waals surface area contributed by atoms with Crippen molar-refractivity contribution in [2.24, 2.45) is 0 Å². The number of hydrogen-bond acceptors (Lipinski definition) is 2. The maximum Gasteiger partial charge on any atom is 0.0584 e. The summed E-state index contributed by atoms with van der Waals surface area (Å²) in [5.41, 5.74) is 3.99. The topological polar surface area (TPSA) is 15.3 Å². The highest BCUT2D eigenvalue weighted by Gasteiger charge is 2.32. The van der Waals surface area contributed by atoms with Crippen molar-refractivity contribution in [2.75, 3.05) is 24.5 Å². The fourth-order valence-corrected chi connectivity index (χ4v) is 3.48. The zero-order chi connectivity index (χ0) is 14.9. The first kappa shape index (κ1) is 14.6. The molecule has 0 radical (unpaired) electrons. The number of nitrogens with one attached hydrogen (secondary N) is 1. The summed E-state index contributed by atoms with van der Waals surface area (Å²) in [6.07, 6.45) is 0. The zero-order valence-corrected chi connectivity index (χ0v) is 14.2. The Morgan fingerprint density at radius 3 is 2.62 bits per heavy atom. The molecule has 1 unspecified atom stereocenters. The standard InChI is InChI=1S/C18H21BrN2/c1-14-16(19)9-6-10-17(14)21-12-11-20-18(2,13-21)15-7-4-3-5-8-15/h3-10,20H,11-13H2,1-2H3. The van der Waals surface area contributed by atoms with Crippen LogP contribution in [0.1, 0.15) is 18.1 Å². The van der Waals surface area contributed by atoms with E-state index in [1.165, 1.54) is 21.3 Å². The molecule has 0 aromatic heterocycles. The lowest BCUT2D eigenvalue weighted by molar-refractivity contribution is 0.332. The molecule has 1 fully saturated rings. The highest BCUT2D eigenvalue weighted by atomic mass is 79.9. The molecule has 21 heavy (non-hydrogen) atoms. The molecule has 1 heterocycles. The van der Waals surface area contributed by atoms with Gasteiger partial charge in [-0.15, -0.1) is 0 Å². The molecule has 0 spiro atoms. The molecule has 2 nitrogen and oxygen atoms in total. The maximum absolute atomic E-state index is 3.69. The van der Waals surface area contributed by atoms with Gasteiger partial charge in [0.25, 0.3) is 0 Å². The third kappa shape index (κ3) is 2.85. The van der Waals surface area contributed by atoms with Crippen LogP contribution in [0.5, 0.6) is 0 Å². The average molecular weight is 345 g/mol. The van der Waals surface area contributed by atoms with Crippen LogP contribution < -0.4 is 10.2 Å². The predicted molar refractivity (Wildman–Crippen MR) is 92.9 cm³/mol. The minimum atomic E-state index is -0.00569. The summed E-state index contributed by atoms with van der Waals surface area (Å²) in [7, 11) is 0. The largest absolute Gasteiger partial charge is 0.368 e.